The van der Waals surface area contributed by atoms with Gasteiger partial charge in [0.1, 0.15) is 6.33 Å². The maximum atomic E-state index is 11.3. The van der Waals surface area contributed by atoms with E-state index in [2.05, 4.69) is 25.0 Å². The Bertz CT molecular complexity index is 600. The third-order valence-electron chi connectivity index (χ3n) is 2.77. The number of aromatic nitrogens is 3. The molecule has 1 atom stereocenters. The lowest BCUT2D eigenvalue weighted by Gasteiger charge is -2.14. The fourth-order valence-corrected chi connectivity index (χ4v) is 1.68. The molecule has 0 amide bonds. The second kappa shape index (κ2) is 5.96. The summed E-state index contributed by atoms with van der Waals surface area (Å²) in [6.45, 7) is 1.95. The first kappa shape index (κ1) is 13.7. The number of nitrogen functional groups attached to an aromatic ring is 1. The van der Waals surface area contributed by atoms with Gasteiger partial charge in [0.05, 0.1) is 18.7 Å². The van der Waals surface area contributed by atoms with Crippen molar-refractivity contribution in [3.8, 4) is 0 Å². The highest BCUT2D eigenvalue weighted by atomic mass is 16.5. The number of methoxy groups -OCH3 is 1. The minimum Gasteiger partial charge on any atom is -0.465 e. The van der Waals surface area contributed by atoms with Crippen LogP contribution in [-0.2, 0) is 4.74 Å². The van der Waals surface area contributed by atoms with Crippen molar-refractivity contribution in [1.29, 1.82) is 0 Å². The van der Waals surface area contributed by atoms with Crippen molar-refractivity contribution in [3.05, 3.63) is 41.7 Å². The van der Waals surface area contributed by atoms with Crippen LogP contribution in [0.15, 0.2) is 30.6 Å². The normalized spacial score (nSPS) is 11.7. The van der Waals surface area contributed by atoms with Crippen LogP contribution >= 0.6 is 0 Å². The van der Waals surface area contributed by atoms with Crippen LogP contribution in [0.3, 0.4) is 0 Å². The Balaban J connectivity index is 2.09. The molecule has 7 heteroatoms. The van der Waals surface area contributed by atoms with E-state index in [4.69, 9.17) is 5.73 Å². The lowest BCUT2D eigenvalue weighted by molar-refractivity contribution is 0.0600. The molecule has 0 aliphatic carbocycles. The average molecular weight is 273 g/mol. The number of ether oxygens (including phenoxy) is 1. The van der Waals surface area contributed by atoms with Crippen molar-refractivity contribution in [1.82, 2.24) is 15.0 Å². The van der Waals surface area contributed by atoms with Crippen molar-refractivity contribution < 1.29 is 9.53 Å². The van der Waals surface area contributed by atoms with E-state index in [0.29, 0.717) is 11.5 Å². The molecule has 2 aromatic rings. The van der Waals surface area contributed by atoms with E-state index in [0.717, 1.165) is 5.56 Å². The number of nitrogens with two attached hydrogens (primary N) is 1. The van der Waals surface area contributed by atoms with Gasteiger partial charge in [-0.3, -0.25) is 0 Å². The number of benzene rings is 1. The van der Waals surface area contributed by atoms with E-state index in [1.165, 1.54) is 13.4 Å². The van der Waals surface area contributed by atoms with Gasteiger partial charge in [-0.25, -0.2) is 14.8 Å². The van der Waals surface area contributed by atoms with Crippen LogP contribution in [-0.4, -0.2) is 28.0 Å². The summed E-state index contributed by atoms with van der Waals surface area (Å²) in [5.74, 6) is 0.209. The quantitative estimate of drug-likeness (QED) is 0.812. The van der Waals surface area contributed by atoms with Crippen LogP contribution in [0.5, 0.6) is 0 Å². The monoisotopic (exact) mass is 273 g/mol. The number of nitrogens with zero attached hydrogens (tertiary/aromatic N) is 3. The first-order valence-electron chi connectivity index (χ1n) is 5.99. The van der Waals surface area contributed by atoms with Crippen molar-refractivity contribution in [2.75, 3.05) is 18.2 Å². The summed E-state index contributed by atoms with van der Waals surface area (Å²) in [5, 5.41) is 3.10. The highest BCUT2D eigenvalue weighted by Gasteiger charge is 2.09. The molecule has 7 nitrogen and oxygen atoms in total. The Kier molecular flexibility index (Phi) is 4.09. The molecule has 0 saturated carbocycles. The highest BCUT2D eigenvalue weighted by molar-refractivity contribution is 5.89. The maximum Gasteiger partial charge on any atom is 0.337 e. The zero-order chi connectivity index (χ0) is 14.5. The van der Waals surface area contributed by atoms with Gasteiger partial charge in [-0.2, -0.15) is 4.98 Å². The largest absolute Gasteiger partial charge is 0.465 e. The lowest BCUT2D eigenvalue weighted by atomic mass is 10.1. The van der Waals surface area contributed by atoms with Crippen molar-refractivity contribution in [2.24, 2.45) is 0 Å². The zero-order valence-corrected chi connectivity index (χ0v) is 11.2. The number of anilines is 2. The third-order valence-corrected chi connectivity index (χ3v) is 2.77. The first-order chi connectivity index (χ1) is 9.60. The van der Waals surface area contributed by atoms with Gasteiger partial charge < -0.3 is 15.8 Å². The molecule has 0 saturated heterocycles. The second-order valence-corrected chi connectivity index (χ2v) is 4.15. The predicted molar refractivity (Wildman–Crippen MR) is 74.1 cm³/mol. The van der Waals surface area contributed by atoms with E-state index in [-0.39, 0.29) is 18.0 Å². The predicted octanol–water partition coefficient (Wildman–Crippen LogP) is 1.41. The van der Waals surface area contributed by atoms with Gasteiger partial charge in [0.2, 0.25) is 11.9 Å². The highest BCUT2D eigenvalue weighted by Crippen LogP contribution is 2.17. The third kappa shape index (κ3) is 3.19. The summed E-state index contributed by atoms with van der Waals surface area (Å²) >= 11 is 0. The van der Waals surface area contributed by atoms with Gasteiger partial charge in [0.25, 0.3) is 0 Å². The van der Waals surface area contributed by atoms with Crippen LogP contribution in [0, 0.1) is 0 Å². The van der Waals surface area contributed by atoms with Crippen LogP contribution in [0.1, 0.15) is 28.9 Å². The molecule has 1 unspecified atom stereocenters. The summed E-state index contributed by atoms with van der Waals surface area (Å²) in [5.41, 5.74) is 6.98. The fraction of sp³-hybridized carbons (Fsp3) is 0.231. The maximum absolute atomic E-state index is 11.3. The number of nitrogens with one attached hydrogen (secondary N) is 1. The SMILES string of the molecule is COC(=O)c1ccc(C(C)Nc2ncnc(N)n2)cc1. The average Bonchev–Trinajstić information content (AvgIpc) is 2.46. The number of hydrogen-bond acceptors (Lipinski definition) is 7. The van der Waals surface area contributed by atoms with Gasteiger partial charge in [-0.1, -0.05) is 12.1 Å². The van der Waals surface area contributed by atoms with Gasteiger partial charge in [0.15, 0.2) is 0 Å². The molecule has 20 heavy (non-hydrogen) atoms. The molecular weight excluding hydrogens is 258 g/mol. The second-order valence-electron chi connectivity index (χ2n) is 4.15. The van der Waals surface area contributed by atoms with Gasteiger partial charge in [0, 0.05) is 0 Å². The molecule has 2 rings (SSSR count). The Morgan fingerprint density at radius 1 is 1.30 bits per heavy atom. The van der Waals surface area contributed by atoms with E-state index in [9.17, 15) is 4.79 Å². The van der Waals surface area contributed by atoms with Crippen molar-refractivity contribution in [3.63, 3.8) is 0 Å². The molecule has 0 fully saturated rings. The Hall–Kier alpha value is -2.70. The molecule has 3 N–H and O–H groups in total. The molecule has 0 aliphatic rings. The van der Waals surface area contributed by atoms with Gasteiger partial charge >= 0.3 is 5.97 Å². The number of hydrogen-bond donors (Lipinski definition) is 2. The first-order valence-corrected chi connectivity index (χ1v) is 5.99. The fourth-order valence-electron chi connectivity index (χ4n) is 1.68. The number of carbonyl (C=O) groups excluding carboxylic acids is 1. The zero-order valence-electron chi connectivity index (χ0n) is 11.2. The summed E-state index contributed by atoms with van der Waals surface area (Å²) in [7, 11) is 1.35. The summed E-state index contributed by atoms with van der Waals surface area (Å²) in [6, 6.07) is 7.06. The smallest absolute Gasteiger partial charge is 0.337 e. The standard InChI is InChI=1S/C13H15N5O2/c1-8(17-13-16-7-15-12(14)18-13)9-3-5-10(6-4-9)11(19)20-2/h3-8H,1-2H3,(H3,14,15,16,17,18). The summed E-state index contributed by atoms with van der Waals surface area (Å²) < 4.78 is 4.65. The van der Waals surface area contributed by atoms with Crippen LogP contribution < -0.4 is 11.1 Å². The molecule has 104 valence electrons. The van der Waals surface area contributed by atoms with E-state index >= 15 is 0 Å². The van der Waals surface area contributed by atoms with Gasteiger partial charge in [-0.05, 0) is 24.6 Å². The van der Waals surface area contributed by atoms with Crippen molar-refractivity contribution in [2.45, 2.75) is 13.0 Å². The summed E-state index contributed by atoms with van der Waals surface area (Å²) in [4.78, 5) is 23.0. The molecule has 1 aromatic carbocycles. The van der Waals surface area contributed by atoms with Crippen LogP contribution in [0.25, 0.3) is 0 Å². The topological polar surface area (TPSA) is 103 Å². The molecule has 0 aliphatic heterocycles. The number of esters is 1. The van der Waals surface area contributed by atoms with Crippen LogP contribution in [0.4, 0.5) is 11.9 Å². The van der Waals surface area contributed by atoms with E-state index in [1.54, 1.807) is 12.1 Å². The molecular formula is C13H15N5O2. The molecule has 0 bridgehead atoms. The molecule has 0 spiro atoms. The van der Waals surface area contributed by atoms with E-state index < -0.39 is 0 Å². The molecule has 0 radical (unpaired) electrons. The molecule has 1 heterocycles. The number of carbonyl (C=O) groups is 1. The minimum absolute atomic E-state index is 0.0384. The van der Waals surface area contributed by atoms with Gasteiger partial charge in [-0.15, -0.1) is 0 Å². The number of rotatable bonds is 4. The minimum atomic E-state index is -0.359. The summed E-state index contributed by atoms with van der Waals surface area (Å²) in [6.07, 6.45) is 1.34. The Morgan fingerprint density at radius 3 is 2.60 bits per heavy atom. The Morgan fingerprint density at radius 2 is 2.00 bits per heavy atom. The lowest BCUT2D eigenvalue weighted by Crippen LogP contribution is -2.11. The Labute approximate surface area is 116 Å². The van der Waals surface area contributed by atoms with Crippen molar-refractivity contribution >= 4 is 17.9 Å². The van der Waals surface area contributed by atoms with E-state index in [1.807, 2.05) is 19.1 Å². The van der Waals surface area contributed by atoms with Crippen LogP contribution in [0.2, 0.25) is 0 Å². The molecule has 1 aromatic heterocycles.